The average molecular weight is 332 g/mol. The first-order valence-electron chi connectivity index (χ1n) is 5.66. The van der Waals surface area contributed by atoms with Crippen LogP contribution in [0.2, 0.25) is 10.0 Å². The van der Waals surface area contributed by atoms with E-state index in [4.69, 9.17) is 23.2 Å². The highest BCUT2D eigenvalue weighted by Crippen LogP contribution is 2.44. The summed E-state index contributed by atoms with van der Waals surface area (Å²) in [7, 11) is 0. The molecule has 0 saturated carbocycles. The number of hydrazone groups is 1. The van der Waals surface area contributed by atoms with E-state index in [-0.39, 0.29) is 11.8 Å². The highest BCUT2D eigenvalue weighted by atomic mass is 35.5. The normalized spacial score (nSPS) is 17.9. The molecule has 0 radical (unpaired) electrons. The van der Waals surface area contributed by atoms with Crippen LogP contribution in [0, 0.1) is 0 Å². The molecule has 1 aliphatic heterocycles. The van der Waals surface area contributed by atoms with Gasteiger partial charge in [0.1, 0.15) is 5.37 Å². The average Bonchev–Trinajstić information content (AvgIpc) is 2.71. The van der Waals surface area contributed by atoms with Crippen molar-refractivity contribution in [2.75, 3.05) is 0 Å². The number of amides is 2. The minimum absolute atomic E-state index is 0.259. The molecular weight excluding hydrogens is 321 g/mol. The molecule has 0 aromatic heterocycles. The molecule has 0 unspecified atom stereocenters. The highest BCUT2D eigenvalue weighted by Gasteiger charge is 2.34. The van der Waals surface area contributed by atoms with Crippen molar-refractivity contribution < 1.29 is 9.59 Å². The van der Waals surface area contributed by atoms with E-state index in [1.807, 2.05) is 0 Å². The van der Waals surface area contributed by atoms with Gasteiger partial charge >= 0.3 is 0 Å². The molecule has 1 atom stereocenters. The van der Waals surface area contributed by atoms with Crippen molar-refractivity contribution in [1.82, 2.24) is 10.3 Å². The summed E-state index contributed by atoms with van der Waals surface area (Å²) in [4.78, 5) is 22.8. The van der Waals surface area contributed by atoms with Crippen molar-refractivity contribution in [3.05, 3.63) is 33.8 Å². The van der Waals surface area contributed by atoms with Gasteiger partial charge in [-0.1, -0.05) is 41.0 Å². The first kappa shape index (κ1) is 15.2. The van der Waals surface area contributed by atoms with E-state index >= 15 is 0 Å². The maximum Gasteiger partial charge on any atom is 0.241 e. The summed E-state index contributed by atoms with van der Waals surface area (Å²) >= 11 is 13.5. The number of amidine groups is 1. The lowest BCUT2D eigenvalue weighted by Crippen LogP contribution is -2.25. The second-order valence-corrected chi connectivity index (χ2v) is 5.94. The Bertz CT molecular complexity index is 586. The van der Waals surface area contributed by atoms with E-state index in [0.29, 0.717) is 20.8 Å². The Morgan fingerprint density at radius 3 is 2.40 bits per heavy atom. The molecule has 1 aromatic rings. The molecule has 0 saturated heterocycles. The molecule has 2 amide bonds. The lowest BCUT2D eigenvalue weighted by molar-refractivity contribution is -0.129. The van der Waals surface area contributed by atoms with Gasteiger partial charge in [0.05, 0.1) is 0 Å². The van der Waals surface area contributed by atoms with Crippen LogP contribution >= 0.6 is 35.0 Å². The van der Waals surface area contributed by atoms with E-state index in [0.717, 1.165) is 0 Å². The summed E-state index contributed by atoms with van der Waals surface area (Å²) < 4.78 is 0. The second-order valence-electron chi connectivity index (χ2n) is 4.06. The van der Waals surface area contributed by atoms with Gasteiger partial charge in [0.25, 0.3) is 0 Å². The monoisotopic (exact) mass is 331 g/mol. The maximum absolute atomic E-state index is 11.7. The summed E-state index contributed by atoms with van der Waals surface area (Å²) in [5.74, 6) is -0.524. The zero-order chi connectivity index (χ0) is 14.9. The van der Waals surface area contributed by atoms with Crippen LogP contribution in [-0.2, 0) is 9.59 Å². The Kier molecular flexibility index (Phi) is 4.57. The van der Waals surface area contributed by atoms with Gasteiger partial charge in [-0.2, -0.15) is 0 Å². The zero-order valence-corrected chi connectivity index (χ0v) is 13.0. The van der Waals surface area contributed by atoms with Gasteiger partial charge in [-0.3, -0.25) is 9.59 Å². The lowest BCUT2D eigenvalue weighted by Gasteiger charge is -2.21. The quantitative estimate of drug-likeness (QED) is 0.860. The third-order valence-corrected chi connectivity index (χ3v) is 4.22. The summed E-state index contributed by atoms with van der Waals surface area (Å²) in [6, 6.07) is 5.11. The molecule has 20 heavy (non-hydrogen) atoms. The van der Waals surface area contributed by atoms with Crippen molar-refractivity contribution in [3.8, 4) is 0 Å². The number of benzene rings is 1. The number of rotatable bonds is 1. The van der Waals surface area contributed by atoms with Gasteiger partial charge in [-0.25, -0.2) is 5.01 Å². The molecule has 0 bridgehead atoms. The zero-order valence-electron chi connectivity index (χ0n) is 10.7. The van der Waals surface area contributed by atoms with E-state index in [9.17, 15) is 9.59 Å². The third kappa shape index (κ3) is 3.08. The van der Waals surface area contributed by atoms with Crippen LogP contribution in [0.15, 0.2) is 23.3 Å². The molecule has 8 heteroatoms. The van der Waals surface area contributed by atoms with Crippen LogP contribution in [0.25, 0.3) is 0 Å². The van der Waals surface area contributed by atoms with E-state index < -0.39 is 5.37 Å². The van der Waals surface area contributed by atoms with Crippen LogP contribution < -0.4 is 5.32 Å². The number of halogens is 2. The molecule has 5 nitrogen and oxygen atoms in total. The van der Waals surface area contributed by atoms with Gasteiger partial charge < -0.3 is 5.32 Å². The highest BCUT2D eigenvalue weighted by molar-refractivity contribution is 8.14. The van der Waals surface area contributed by atoms with E-state index in [1.165, 1.54) is 30.6 Å². The number of nitrogens with one attached hydrogen (secondary N) is 1. The molecule has 1 N–H and O–H groups in total. The largest absolute Gasteiger partial charge is 0.304 e. The van der Waals surface area contributed by atoms with Crippen LogP contribution in [-0.4, -0.2) is 22.0 Å². The number of carbonyl (C=O) groups excluding carboxylic acids is 2. The number of nitrogens with zero attached hydrogens (tertiary/aromatic N) is 2. The molecule has 1 aliphatic rings. The molecule has 2 rings (SSSR count). The third-order valence-electron chi connectivity index (χ3n) is 2.50. The number of hydrogen-bond donors (Lipinski definition) is 1. The summed E-state index contributed by atoms with van der Waals surface area (Å²) in [6.07, 6.45) is 0. The molecule has 1 heterocycles. The standard InChI is InChI=1S/C12H11Cl2N3O2S/c1-6(18)15-12-16-17(7(2)19)11(20-12)10-8(13)4-3-5-9(10)14/h3-5,11H,1-2H3,(H,15,16,18)/t11-/m1/s1. The molecule has 1 aromatic carbocycles. The van der Waals surface area contributed by atoms with Crippen LogP contribution in [0.4, 0.5) is 0 Å². The fourth-order valence-corrected chi connectivity index (χ4v) is 3.65. The minimum Gasteiger partial charge on any atom is -0.304 e. The van der Waals surface area contributed by atoms with Crippen molar-refractivity contribution in [2.45, 2.75) is 19.2 Å². The van der Waals surface area contributed by atoms with Crippen LogP contribution in [0.3, 0.4) is 0 Å². The van der Waals surface area contributed by atoms with E-state index in [2.05, 4.69) is 10.4 Å². The fourth-order valence-electron chi connectivity index (χ4n) is 1.70. The van der Waals surface area contributed by atoms with Crippen molar-refractivity contribution in [2.24, 2.45) is 5.10 Å². The minimum atomic E-state index is -0.490. The predicted molar refractivity (Wildman–Crippen MR) is 80.6 cm³/mol. The summed E-state index contributed by atoms with van der Waals surface area (Å²) in [5.41, 5.74) is 0.597. The van der Waals surface area contributed by atoms with Crippen LogP contribution in [0.5, 0.6) is 0 Å². The first-order valence-corrected chi connectivity index (χ1v) is 7.30. The molecule has 106 valence electrons. The lowest BCUT2D eigenvalue weighted by atomic mass is 10.2. The number of thioether (sulfide) groups is 1. The van der Waals surface area contributed by atoms with Gasteiger partial charge in [0.15, 0.2) is 5.17 Å². The smallest absolute Gasteiger partial charge is 0.241 e. The Morgan fingerprint density at radius 1 is 1.30 bits per heavy atom. The van der Waals surface area contributed by atoms with Gasteiger partial charge in [0.2, 0.25) is 11.8 Å². The number of hydrogen-bond acceptors (Lipinski definition) is 4. The SMILES string of the molecule is CC(=O)NC1=NN(C(C)=O)[C@@H](c2c(Cl)cccc2Cl)S1. The Hall–Kier alpha value is -1.24. The van der Waals surface area contributed by atoms with Crippen LogP contribution in [0.1, 0.15) is 24.8 Å². The van der Waals surface area contributed by atoms with Gasteiger partial charge in [0, 0.05) is 29.5 Å². The van der Waals surface area contributed by atoms with Crippen molar-refractivity contribution >= 4 is 51.9 Å². The molecule has 0 fully saturated rings. The summed E-state index contributed by atoms with van der Waals surface area (Å²) in [6.45, 7) is 2.76. The van der Waals surface area contributed by atoms with Gasteiger partial charge in [-0.05, 0) is 12.1 Å². The van der Waals surface area contributed by atoms with Crippen molar-refractivity contribution in [3.63, 3.8) is 0 Å². The first-order chi connectivity index (χ1) is 9.40. The van der Waals surface area contributed by atoms with E-state index in [1.54, 1.807) is 18.2 Å². The van der Waals surface area contributed by atoms with Gasteiger partial charge in [-0.15, -0.1) is 5.10 Å². The predicted octanol–water partition coefficient (Wildman–Crippen LogP) is 2.99. The number of carbonyl (C=O) groups is 2. The second kappa shape index (κ2) is 6.03. The molecule has 0 aliphatic carbocycles. The topological polar surface area (TPSA) is 61.8 Å². The molecular formula is C12H11Cl2N3O2S. The molecule has 0 spiro atoms. The van der Waals surface area contributed by atoms with Crippen molar-refractivity contribution in [1.29, 1.82) is 0 Å². The maximum atomic E-state index is 11.7. The Balaban J connectivity index is 2.37. The Labute approximate surface area is 130 Å². The fraction of sp³-hybridized carbons (Fsp3) is 0.250. The summed E-state index contributed by atoms with van der Waals surface area (Å²) in [5, 5.41) is 8.64. The Morgan fingerprint density at radius 2 is 1.90 bits per heavy atom.